The number of carbonyl (C=O) groups excluding carboxylic acids is 1. The van der Waals surface area contributed by atoms with Gasteiger partial charge < -0.3 is 10.0 Å². The number of nitrogens with zero attached hydrogens (tertiary/aromatic N) is 2. The van der Waals surface area contributed by atoms with Gasteiger partial charge in [0.25, 0.3) is 0 Å². The first-order valence-corrected chi connectivity index (χ1v) is 8.03. The van der Waals surface area contributed by atoms with Crippen molar-refractivity contribution in [1.29, 1.82) is 0 Å². The minimum Gasteiger partial charge on any atom is -0.508 e. The molecule has 1 aliphatic heterocycles. The Bertz CT molecular complexity index is 649. The number of phenols is 1. The number of phenolic OH excluding ortho intramolecular Hbond substituents is 1. The summed E-state index contributed by atoms with van der Waals surface area (Å²) in [7, 11) is 0. The molecule has 0 saturated carbocycles. The fraction of sp³-hybridized carbons (Fsp3) is 0.316. The lowest BCUT2D eigenvalue weighted by Gasteiger charge is -2.35. The van der Waals surface area contributed by atoms with E-state index in [4.69, 9.17) is 0 Å². The van der Waals surface area contributed by atoms with Gasteiger partial charge in [-0.05, 0) is 11.6 Å². The lowest BCUT2D eigenvalue weighted by Crippen LogP contribution is -2.48. The number of aromatic hydroxyl groups is 1. The van der Waals surface area contributed by atoms with E-state index in [1.54, 1.807) is 6.07 Å². The van der Waals surface area contributed by atoms with Crippen molar-refractivity contribution in [1.82, 2.24) is 9.80 Å². The number of hydrogen-bond donors (Lipinski definition) is 1. The summed E-state index contributed by atoms with van der Waals surface area (Å²) in [5.41, 5.74) is 2.01. The maximum atomic E-state index is 12.4. The largest absolute Gasteiger partial charge is 0.508 e. The van der Waals surface area contributed by atoms with Crippen LogP contribution in [-0.4, -0.2) is 47.0 Å². The topological polar surface area (TPSA) is 43.8 Å². The molecule has 0 unspecified atom stereocenters. The van der Waals surface area contributed by atoms with Crippen molar-refractivity contribution in [2.24, 2.45) is 0 Å². The molecule has 4 nitrogen and oxygen atoms in total. The van der Waals surface area contributed by atoms with Crippen LogP contribution < -0.4 is 0 Å². The zero-order valence-corrected chi connectivity index (χ0v) is 13.2. The molecular weight excluding hydrogens is 288 g/mol. The summed E-state index contributed by atoms with van der Waals surface area (Å²) in [6.07, 6.45) is 0.473. The number of para-hydroxylation sites is 1. The van der Waals surface area contributed by atoms with Gasteiger partial charge in [0.05, 0.1) is 6.42 Å². The molecule has 4 heteroatoms. The summed E-state index contributed by atoms with van der Waals surface area (Å²) in [6.45, 7) is 3.91. The van der Waals surface area contributed by atoms with E-state index in [1.807, 2.05) is 53.4 Å². The molecule has 0 aromatic heterocycles. The number of amides is 1. The zero-order chi connectivity index (χ0) is 16.1. The van der Waals surface area contributed by atoms with Crippen LogP contribution >= 0.6 is 0 Å². The van der Waals surface area contributed by atoms with E-state index >= 15 is 0 Å². The second-order valence-corrected chi connectivity index (χ2v) is 5.95. The van der Waals surface area contributed by atoms with E-state index in [2.05, 4.69) is 4.90 Å². The first-order chi connectivity index (χ1) is 11.2. The van der Waals surface area contributed by atoms with Crippen molar-refractivity contribution in [3.8, 4) is 5.75 Å². The third kappa shape index (κ3) is 4.11. The molecule has 23 heavy (non-hydrogen) atoms. The van der Waals surface area contributed by atoms with Crippen molar-refractivity contribution in [2.75, 3.05) is 26.2 Å². The highest BCUT2D eigenvalue weighted by Crippen LogP contribution is 2.18. The van der Waals surface area contributed by atoms with Crippen molar-refractivity contribution in [3.05, 3.63) is 65.7 Å². The molecule has 3 rings (SSSR count). The van der Waals surface area contributed by atoms with E-state index < -0.39 is 0 Å². The van der Waals surface area contributed by atoms with Gasteiger partial charge in [-0.1, -0.05) is 48.5 Å². The number of piperazine rings is 1. The highest BCUT2D eigenvalue weighted by molar-refractivity contribution is 5.78. The molecule has 1 saturated heterocycles. The predicted octanol–water partition coefficient (Wildman–Crippen LogP) is 2.28. The van der Waals surface area contributed by atoms with Crippen LogP contribution in [0.25, 0.3) is 0 Å². The molecule has 1 heterocycles. The van der Waals surface area contributed by atoms with Crippen LogP contribution in [0.5, 0.6) is 5.75 Å². The summed E-state index contributed by atoms with van der Waals surface area (Å²) >= 11 is 0. The average Bonchev–Trinajstić information content (AvgIpc) is 2.58. The lowest BCUT2D eigenvalue weighted by atomic mass is 10.1. The third-order valence-electron chi connectivity index (χ3n) is 4.31. The SMILES string of the molecule is O=C(Cc1ccccc1)N1CCN(Cc2ccccc2O)CC1. The Morgan fingerprint density at radius 2 is 1.57 bits per heavy atom. The van der Waals surface area contributed by atoms with Crippen LogP contribution in [0.2, 0.25) is 0 Å². The molecule has 1 N–H and O–H groups in total. The maximum Gasteiger partial charge on any atom is 0.227 e. The van der Waals surface area contributed by atoms with Gasteiger partial charge >= 0.3 is 0 Å². The Morgan fingerprint density at radius 1 is 0.913 bits per heavy atom. The second kappa shape index (κ2) is 7.29. The standard InChI is InChI=1S/C19H22N2O2/c22-18-9-5-4-8-17(18)15-20-10-12-21(13-11-20)19(23)14-16-6-2-1-3-7-16/h1-9,22H,10-15H2. The minimum absolute atomic E-state index is 0.193. The molecule has 2 aromatic rings. The first kappa shape index (κ1) is 15.6. The van der Waals surface area contributed by atoms with Crippen LogP contribution in [0.3, 0.4) is 0 Å². The molecule has 1 aliphatic rings. The van der Waals surface area contributed by atoms with Crippen molar-refractivity contribution >= 4 is 5.91 Å². The van der Waals surface area contributed by atoms with E-state index in [0.717, 1.165) is 43.9 Å². The molecule has 1 fully saturated rings. The number of hydrogen-bond acceptors (Lipinski definition) is 3. The van der Waals surface area contributed by atoms with Gasteiger partial charge in [-0.3, -0.25) is 9.69 Å². The van der Waals surface area contributed by atoms with Crippen LogP contribution in [-0.2, 0) is 17.8 Å². The normalized spacial score (nSPS) is 15.6. The zero-order valence-electron chi connectivity index (χ0n) is 13.2. The molecule has 1 amide bonds. The lowest BCUT2D eigenvalue weighted by molar-refractivity contribution is -0.132. The van der Waals surface area contributed by atoms with E-state index in [1.165, 1.54) is 0 Å². The van der Waals surface area contributed by atoms with E-state index in [0.29, 0.717) is 12.2 Å². The van der Waals surface area contributed by atoms with Crippen molar-refractivity contribution < 1.29 is 9.90 Å². The summed E-state index contributed by atoms with van der Waals surface area (Å²) in [5, 5.41) is 9.85. The Morgan fingerprint density at radius 3 is 2.26 bits per heavy atom. The molecule has 2 aromatic carbocycles. The highest BCUT2D eigenvalue weighted by Gasteiger charge is 2.21. The van der Waals surface area contributed by atoms with Gasteiger partial charge in [0.1, 0.15) is 5.75 Å². The molecular formula is C19H22N2O2. The predicted molar refractivity (Wildman–Crippen MR) is 90.1 cm³/mol. The van der Waals surface area contributed by atoms with Crippen LogP contribution in [0.15, 0.2) is 54.6 Å². The minimum atomic E-state index is 0.193. The Balaban J connectivity index is 1.50. The molecule has 0 radical (unpaired) electrons. The number of carbonyl (C=O) groups is 1. The van der Waals surface area contributed by atoms with E-state index in [-0.39, 0.29) is 5.91 Å². The fourth-order valence-electron chi connectivity index (χ4n) is 2.92. The fourth-order valence-corrected chi connectivity index (χ4v) is 2.92. The molecule has 0 bridgehead atoms. The number of benzene rings is 2. The molecule has 0 aliphatic carbocycles. The van der Waals surface area contributed by atoms with Gasteiger partial charge in [0.15, 0.2) is 0 Å². The number of rotatable bonds is 4. The summed E-state index contributed by atoms with van der Waals surface area (Å²) in [5.74, 6) is 0.536. The van der Waals surface area contributed by atoms with E-state index in [9.17, 15) is 9.90 Å². The third-order valence-corrected chi connectivity index (χ3v) is 4.31. The van der Waals surface area contributed by atoms with Gasteiger partial charge in [0.2, 0.25) is 5.91 Å². The Kier molecular flexibility index (Phi) is 4.93. The van der Waals surface area contributed by atoms with Crippen molar-refractivity contribution in [2.45, 2.75) is 13.0 Å². The van der Waals surface area contributed by atoms with Crippen molar-refractivity contribution in [3.63, 3.8) is 0 Å². The second-order valence-electron chi connectivity index (χ2n) is 5.95. The summed E-state index contributed by atoms with van der Waals surface area (Å²) < 4.78 is 0. The summed E-state index contributed by atoms with van der Waals surface area (Å²) in [6, 6.07) is 17.3. The molecule has 120 valence electrons. The van der Waals surface area contributed by atoms with Gasteiger partial charge in [-0.15, -0.1) is 0 Å². The van der Waals surface area contributed by atoms with Gasteiger partial charge in [0, 0.05) is 38.3 Å². The monoisotopic (exact) mass is 310 g/mol. The molecule has 0 spiro atoms. The Hall–Kier alpha value is -2.33. The van der Waals surface area contributed by atoms with Crippen LogP contribution in [0, 0.1) is 0 Å². The van der Waals surface area contributed by atoms with Gasteiger partial charge in [-0.2, -0.15) is 0 Å². The quantitative estimate of drug-likeness (QED) is 0.942. The van der Waals surface area contributed by atoms with Crippen LogP contribution in [0.4, 0.5) is 0 Å². The van der Waals surface area contributed by atoms with Crippen LogP contribution in [0.1, 0.15) is 11.1 Å². The average molecular weight is 310 g/mol. The maximum absolute atomic E-state index is 12.4. The summed E-state index contributed by atoms with van der Waals surface area (Å²) in [4.78, 5) is 16.6. The smallest absolute Gasteiger partial charge is 0.227 e. The van der Waals surface area contributed by atoms with Gasteiger partial charge in [-0.25, -0.2) is 0 Å². The highest BCUT2D eigenvalue weighted by atomic mass is 16.3. The molecule has 0 atom stereocenters. The Labute approximate surface area is 137 Å². The first-order valence-electron chi connectivity index (χ1n) is 8.03.